The summed E-state index contributed by atoms with van der Waals surface area (Å²) in [5, 5.41) is -0.0284. The molecule has 1 aromatic carbocycles. The highest BCUT2D eigenvalue weighted by atomic mass is 32.2. The molecule has 0 saturated carbocycles. The second-order valence-corrected chi connectivity index (χ2v) is 6.21. The molecule has 0 bridgehead atoms. The molecule has 0 saturated heterocycles. The number of hydrogen-bond donors (Lipinski definition) is 0. The standard InChI is InChI=1S/C17H16F3NO2S/c1-3-14(16(22)11-4-7-13(23-2)8-5-11)24-15-9-6-12(10-21-15)17(18,19)20/h4-10,14H,3H2,1-2H3. The number of ketones is 1. The zero-order chi connectivity index (χ0) is 17.7. The van der Waals surface area contributed by atoms with Gasteiger partial charge in [-0.25, -0.2) is 4.98 Å². The minimum Gasteiger partial charge on any atom is -0.497 e. The van der Waals surface area contributed by atoms with Crippen molar-refractivity contribution in [2.75, 3.05) is 7.11 Å². The highest BCUT2D eigenvalue weighted by Crippen LogP contribution is 2.31. The largest absolute Gasteiger partial charge is 0.497 e. The molecule has 24 heavy (non-hydrogen) atoms. The Bertz CT molecular complexity index is 684. The number of halogens is 3. The molecule has 128 valence electrons. The lowest BCUT2D eigenvalue weighted by Gasteiger charge is -2.14. The van der Waals surface area contributed by atoms with E-state index in [1.807, 2.05) is 6.92 Å². The molecular formula is C17H16F3NO2S. The SMILES string of the molecule is CCC(Sc1ccc(C(F)(F)F)cn1)C(=O)c1ccc(OC)cc1. The Balaban J connectivity index is 2.11. The fourth-order valence-electron chi connectivity index (χ4n) is 2.03. The summed E-state index contributed by atoms with van der Waals surface area (Å²) in [5.74, 6) is 0.559. The smallest absolute Gasteiger partial charge is 0.417 e. The lowest BCUT2D eigenvalue weighted by atomic mass is 10.1. The van der Waals surface area contributed by atoms with Crippen LogP contribution in [0.1, 0.15) is 29.3 Å². The van der Waals surface area contributed by atoms with E-state index in [9.17, 15) is 18.0 Å². The van der Waals surface area contributed by atoms with Crippen molar-refractivity contribution >= 4 is 17.5 Å². The third kappa shape index (κ3) is 4.50. The van der Waals surface area contributed by atoms with Crippen LogP contribution in [0.25, 0.3) is 0 Å². The van der Waals surface area contributed by atoms with Crippen LogP contribution in [-0.2, 0) is 6.18 Å². The van der Waals surface area contributed by atoms with Gasteiger partial charge in [-0.3, -0.25) is 4.79 Å². The second-order valence-electron chi connectivity index (χ2n) is 4.99. The van der Waals surface area contributed by atoms with E-state index in [4.69, 9.17) is 4.74 Å². The highest BCUT2D eigenvalue weighted by molar-refractivity contribution is 8.00. The first-order chi connectivity index (χ1) is 11.3. The topological polar surface area (TPSA) is 39.2 Å². The van der Waals surface area contributed by atoms with E-state index in [0.717, 1.165) is 24.0 Å². The molecule has 1 heterocycles. The van der Waals surface area contributed by atoms with Crippen molar-refractivity contribution in [2.45, 2.75) is 29.8 Å². The van der Waals surface area contributed by atoms with Gasteiger partial charge in [0.2, 0.25) is 0 Å². The lowest BCUT2D eigenvalue weighted by molar-refractivity contribution is -0.137. The minimum atomic E-state index is -4.42. The van der Waals surface area contributed by atoms with Gasteiger partial charge in [-0.15, -0.1) is 0 Å². The van der Waals surface area contributed by atoms with E-state index in [1.54, 1.807) is 24.3 Å². The molecule has 1 unspecified atom stereocenters. The number of methoxy groups -OCH3 is 1. The van der Waals surface area contributed by atoms with Gasteiger partial charge in [-0.2, -0.15) is 13.2 Å². The van der Waals surface area contributed by atoms with Crippen molar-refractivity contribution in [3.63, 3.8) is 0 Å². The average Bonchev–Trinajstić information content (AvgIpc) is 2.59. The molecule has 1 aromatic heterocycles. The summed E-state index contributed by atoms with van der Waals surface area (Å²) < 4.78 is 42.7. The number of hydrogen-bond acceptors (Lipinski definition) is 4. The van der Waals surface area contributed by atoms with Crippen LogP contribution in [0.3, 0.4) is 0 Å². The van der Waals surface area contributed by atoms with E-state index in [-0.39, 0.29) is 5.78 Å². The van der Waals surface area contributed by atoms with E-state index < -0.39 is 17.0 Å². The number of rotatable bonds is 6. The lowest BCUT2D eigenvalue weighted by Crippen LogP contribution is -2.16. The molecule has 0 aliphatic rings. The van der Waals surface area contributed by atoms with Crippen molar-refractivity contribution in [1.29, 1.82) is 0 Å². The molecule has 2 rings (SSSR count). The predicted molar refractivity (Wildman–Crippen MR) is 86.5 cm³/mol. The van der Waals surface area contributed by atoms with Crippen LogP contribution < -0.4 is 4.74 Å². The van der Waals surface area contributed by atoms with Crippen LogP contribution >= 0.6 is 11.8 Å². The number of Topliss-reactive ketones (excluding diaryl/α,β-unsaturated/α-hetero) is 1. The van der Waals surface area contributed by atoms with E-state index in [2.05, 4.69) is 4.98 Å². The van der Waals surface area contributed by atoms with Crippen molar-refractivity contribution < 1.29 is 22.7 Å². The number of thioether (sulfide) groups is 1. The molecule has 7 heteroatoms. The van der Waals surface area contributed by atoms with Crippen LogP contribution in [0, 0.1) is 0 Å². The maximum atomic E-state index is 12.5. The molecule has 1 atom stereocenters. The molecule has 2 aromatic rings. The van der Waals surface area contributed by atoms with Gasteiger partial charge in [0.1, 0.15) is 5.75 Å². The molecular weight excluding hydrogens is 339 g/mol. The van der Waals surface area contributed by atoms with Crippen LogP contribution in [-0.4, -0.2) is 23.1 Å². The summed E-state index contributed by atoms with van der Waals surface area (Å²) in [5.41, 5.74) is -0.275. The molecule has 0 radical (unpaired) electrons. The van der Waals surface area contributed by atoms with E-state index in [0.29, 0.717) is 22.8 Å². The van der Waals surface area contributed by atoms with E-state index >= 15 is 0 Å². The zero-order valence-corrected chi connectivity index (χ0v) is 13.9. The average molecular weight is 355 g/mol. The quantitative estimate of drug-likeness (QED) is 0.548. The Morgan fingerprint density at radius 3 is 2.33 bits per heavy atom. The van der Waals surface area contributed by atoms with Gasteiger partial charge < -0.3 is 4.74 Å². The maximum Gasteiger partial charge on any atom is 0.417 e. The summed E-state index contributed by atoms with van der Waals surface area (Å²) in [6.07, 6.45) is -3.09. The normalized spacial score (nSPS) is 12.7. The molecule has 0 fully saturated rings. The highest BCUT2D eigenvalue weighted by Gasteiger charge is 2.31. The molecule has 0 N–H and O–H groups in total. The van der Waals surface area contributed by atoms with Crippen molar-refractivity contribution in [1.82, 2.24) is 4.98 Å². The van der Waals surface area contributed by atoms with Crippen LogP contribution in [0.2, 0.25) is 0 Å². The molecule has 0 aliphatic heterocycles. The summed E-state index contributed by atoms with van der Waals surface area (Å²) in [6, 6.07) is 8.99. The van der Waals surface area contributed by atoms with Gasteiger partial charge >= 0.3 is 6.18 Å². The van der Waals surface area contributed by atoms with E-state index in [1.165, 1.54) is 13.2 Å². The Kier molecular flexibility index (Phi) is 5.88. The first kappa shape index (κ1) is 18.3. The molecule has 0 aliphatic carbocycles. The predicted octanol–water partition coefficient (Wildman–Crippen LogP) is 4.86. The monoisotopic (exact) mass is 355 g/mol. The Morgan fingerprint density at radius 2 is 1.88 bits per heavy atom. The van der Waals surface area contributed by atoms with Gasteiger partial charge in [-0.05, 0) is 42.8 Å². The van der Waals surface area contributed by atoms with Crippen LogP contribution in [0.4, 0.5) is 13.2 Å². The molecule has 0 amide bonds. The first-order valence-corrected chi connectivity index (χ1v) is 8.11. The fraction of sp³-hybridized carbons (Fsp3) is 0.294. The summed E-state index contributed by atoms with van der Waals surface area (Å²) in [6.45, 7) is 1.85. The second kappa shape index (κ2) is 7.70. The number of carbonyl (C=O) groups is 1. The summed E-state index contributed by atoms with van der Waals surface area (Å²) >= 11 is 1.16. The van der Waals surface area contributed by atoms with Crippen molar-refractivity contribution in [2.24, 2.45) is 0 Å². The van der Waals surface area contributed by atoms with Crippen molar-refractivity contribution in [3.8, 4) is 5.75 Å². The Hall–Kier alpha value is -2.02. The summed E-state index contributed by atoms with van der Waals surface area (Å²) in [7, 11) is 1.54. The molecule has 3 nitrogen and oxygen atoms in total. The number of pyridine rings is 1. The van der Waals surface area contributed by atoms with Gasteiger partial charge in [0.05, 0.1) is 22.9 Å². The molecule has 0 spiro atoms. The Labute approximate surface area is 142 Å². The minimum absolute atomic E-state index is 0.0909. The number of nitrogens with zero attached hydrogens (tertiary/aromatic N) is 1. The third-order valence-electron chi connectivity index (χ3n) is 3.36. The first-order valence-electron chi connectivity index (χ1n) is 7.23. The third-order valence-corrected chi connectivity index (χ3v) is 4.68. The number of carbonyl (C=O) groups excluding carboxylic acids is 1. The Morgan fingerprint density at radius 1 is 1.21 bits per heavy atom. The number of alkyl halides is 3. The van der Waals surface area contributed by atoms with Gasteiger partial charge in [0.15, 0.2) is 5.78 Å². The fourth-order valence-corrected chi connectivity index (χ4v) is 2.99. The van der Waals surface area contributed by atoms with Gasteiger partial charge in [0, 0.05) is 11.8 Å². The van der Waals surface area contributed by atoms with Crippen LogP contribution in [0.5, 0.6) is 5.75 Å². The van der Waals surface area contributed by atoms with Crippen LogP contribution in [0.15, 0.2) is 47.6 Å². The maximum absolute atomic E-state index is 12.5. The van der Waals surface area contributed by atoms with Gasteiger partial charge in [0.25, 0.3) is 0 Å². The summed E-state index contributed by atoms with van der Waals surface area (Å²) in [4.78, 5) is 16.3. The zero-order valence-electron chi connectivity index (χ0n) is 13.1. The number of ether oxygens (including phenoxy) is 1. The van der Waals surface area contributed by atoms with Gasteiger partial charge in [-0.1, -0.05) is 18.7 Å². The number of benzene rings is 1. The number of aromatic nitrogens is 1. The van der Waals surface area contributed by atoms with Crippen molar-refractivity contribution in [3.05, 3.63) is 53.7 Å².